The number of hydrogen-bond acceptors (Lipinski definition) is 5. The minimum absolute atomic E-state index is 0.0231. The predicted octanol–water partition coefficient (Wildman–Crippen LogP) is 3.64. The Labute approximate surface area is 200 Å². The lowest BCUT2D eigenvalue weighted by molar-refractivity contribution is -0.192. The van der Waals surface area contributed by atoms with Crippen LogP contribution in [0.4, 0.5) is 23.7 Å². The summed E-state index contributed by atoms with van der Waals surface area (Å²) in [6.45, 7) is 2.01. The van der Waals surface area contributed by atoms with Crippen LogP contribution in [0, 0.1) is 0 Å². The number of rotatable bonds is 5. The first kappa shape index (κ1) is 26.3. The van der Waals surface area contributed by atoms with Crippen molar-refractivity contribution in [2.45, 2.75) is 62.8 Å². The van der Waals surface area contributed by atoms with Gasteiger partial charge < -0.3 is 25.7 Å². The fourth-order valence-electron chi connectivity index (χ4n) is 4.55. The molecule has 2 fully saturated rings. The standard InChI is InChI=1S/C21H29N5O2.C2HF3O2/c27-21(28)24-20-7-2-1-6-19(20)23-16-5-3-13-25(15-16)17-8-10-18(11-9-17)26-14-4-12-22-26;3-2(4,5)1(6)7/h4,8-12,14,16,19-20,23-24H,1-3,5-7,13,15H2,(H,27,28);(H,6,7)/t16-,19+,20+;/m0./s1. The molecule has 2 aromatic rings. The number of aromatic nitrogens is 2. The Morgan fingerprint density at radius 3 is 2.17 bits per heavy atom. The molecule has 1 aliphatic heterocycles. The van der Waals surface area contributed by atoms with E-state index in [0.29, 0.717) is 6.04 Å². The normalized spacial score (nSPS) is 22.6. The van der Waals surface area contributed by atoms with Crippen molar-refractivity contribution in [1.82, 2.24) is 20.4 Å². The Kier molecular flexibility index (Phi) is 8.96. The second kappa shape index (κ2) is 11.9. The van der Waals surface area contributed by atoms with Crippen LogP contribution in [0.2, 0.25) is 0 Å². The summed E-state index contributed by atoms with van der Waals surface area (Å²) in [6.07, 6.45) is 4.24. The van der Waals surface area contributed by atoms with Gasteiger partial charge in [0.25, 0.3) is 0 Å². The van der Waals surface area contributed by atoms with Crippen molar-refractivity contribution in [2.75, 3.05) is 18.0 Å². The van der Waals surface area contributed by atoms with Gasteiger partial charge in [0.2, 0.25) is 0 Å². The van der Waals surface area contributed by atoms with Crippen molar-refractivity contribution in [3.05, 3.63) is 42.7 Å². The maximum Gasteiger partial charge on any atom is 0.490 e. The van der Waals surface area contributed by atoms with E-state index in [2.05, 4.69) is 44.9 Å². The van der Waals surface area contributed by atoms with E-state index in [-0.39, 0.29) is 12.1 Å². The molecule has 2 heterocycles. The SMILES string of the molecule is O=C(O)C(F)(F)F.O=C(O)N[C@@H]1CCCC[C@H]1N[C@H]1CCCN(c2ccc(-n3cccn3)cc2)C1. The van der Waals surface area contributed by atoms with E-state index in [9.17, 15) is 18.0 Å². The molecule has 1 saturated heterocycles. The number of piperidine rings is 1. The zero-order chi connectivity index (χ0) is 25.4. The molecule has 0 unspecified atom stereocenters. The number of benzene rings is 1. The van der Waals surface area contributed by atoms with E-state index in [1.165, 1.54) is 12.1 Å². The number of nitrogens with one attached hydrogen (secondary N) is 2. The van der Waals surface area contributed by atoms with Gasteiger partial charge in [0.1, 0.15) is 0 Å². The van der Waals surface area contributed by atoms with Crippen LogP contribution >= 0.6 is 0 Å². The van der Waals surface area contributed by atoms with Gasteiger partial charge >= 0.3 is 18.2 Å². The Hall–Kier alpha value is -3.28. The van der Waals surface area contributed by atoms with Crippen LogP contribution in [0.15, 0.2) is 42.7 Å². The number of alkyl halides is 3. The first-order valence-electron chi connectivity index (χ1n) is 11.5. The summed E-state index contributed by atoms with van der Waals surface area (Å²) in [5.74, 6) is -2.76. The first-order chi connectivity index (χ1) is 16.6. The molecule has 0 bridgehead atoms. The highest BCUT2D eigenvalue weighted by atomic mass is 19.4. The maximum atomic E-state index is 11.1. The second-order valence-electron chi connectivity index (χ2n) is 8.67. The van der Waals surface area contributed by atoms with Crippen molar-refractivity contribution < 1.29 is 33.0 Å². The highest BCUT2D eigenvalue weighted by Gasteiger charge is 2.38. The quantitative estimate of drug-likeness (QED) is 0.498. The number of carbonyl (C=O) groups is 2. The smallest absolute Gasteiger partial charge is 0.475 e. The van der Waals surface area contributed by atoms with Crippen LogP contribution in [0.3, 0.4) is 0 Å². The highest BCUT2D eigenvalue weighted by Crippen LogP contribution is 2.24. The van der Waals surface area contributed by atoms with Crippen LogP contribution < -0.4 is 15.5 Å². The van der Waals surface area contributed by atoms with Gasteiger partial charge in [-0.3, -0.25) is 0 Å². The van der Waals surface area contributed by atoms with Gasteiger partial charge in [-0.2, -0.15) is 18.3 Å². The number of halogens is 3. The number of nitrogens with zero attached hydrogens (tertiary/aromatic N) is 3. The molecule has 4 N–H and O–H groups in total. The third kappa shape index (κ3) is 7.88. The highest BCUT2D eigenvalue weighted by molar-refractivity contribution is 5.73. The number of carboxylic acid groups (broad SMARTS) is 2. The summed E-state index contributed by atoms with van der Waals surface area (Å²) < 4.78 is 33.6. The number of amides is 1. The molecule has 0 radical (unpaired) electrons. The Bertz CT molecular complexity index is 953. The van der Waals surface area contributed by atoms with Crippen molar-refractivity contribution in [1.29, 1.82) is 0 Å². The fraction of sp³-hybridized carbons (Fsp3) is 0.522. The average Bonchev–Trinajstić information content (AvgIpc) is 3.35. The van der Waals surface area contributed by atoms with E-state index in [0.717, 1.165) is 50.9 Å². The number of hydrogen-bond donors (Lipinski definition) is 4. The minimum Gasteiger partial charge on any atom is -0.475 e. The molecule has 1 aromatic carbocycles. The molecule has 1 amide bonds. The third-order valence-corrected chi connectivity index (χ3v) is 6.17. The summed E-state index contributed by atoms with van der Waals surface area (Å²) >= 11 is 0. The van der Waals surface area contributed by atoms with Crippen LogP contribution in [-0.4, -0.2) is 69.4 Å². The first-order valence-corrected chi connectivity index (χ1v) is 11.5. The number of aliphatic carboxylic acids is 1. The molecule has 2 aliphatic rings. The summed E-state index contributed by atoms with van der Waals surface area (Å²) in [4.78, 5) is 22.4. The topological polar surface area (TPSA) is 120 Å². The van der Waals surface area contributed by atoms with Crippen molar-refractivity contribution in [3.63, 3.8) is 0 Å². The molecule has 3 atom stereocenters. The predicted molar refractivity (Wildman–Crippen MR) is 123 cm³/mol. The lowest BCUT2D eigenvalue weighted by Crippen LogP contribution is -2.57. The molecule has 12 heteroatoms. The summed E-state index contributed by atoms with van der Waals surface area (Å²) in [5, 5.41) is 27.0. The van der Waals surface area contributed by atoms with Crippen LogP contribution in [0.25, 0.3) is 5.69 Å². The van der Waals surface area contributed by atoms with Gasteiger partial charge in [0.05, 0.1) is 5.69 Å². The van der Waals surface area contributed by atoms with Gasteiger partial charge in [0, 0.05) is 49.3 Å². The summed E-state index contributed by atoms with van der Waals surface area (Å²) in [6, 6.07) is 11.1. The molecule has 0 spiro atoms. The third-order valence-electron chi connectivity index (χ3n) is 6.17. The average molecular weight is 498 g/mol. The Morgan fingerprint density at radius 1 is 0.971 bits per heavy atom. The van der Waals surface area contributed by atoms with Crippen LogP contribution in [-0.2, 0) is 4.79 Å². The molecule has 1 saturated carbocycles. The van der Waals surface area contributed by atoms with Crippen molar-refractivity contribution >= 4 is 17.7 Å². The van der Waals surface area contributed by atoms with Gasteiger partial charge in [-0.05, 0) is 56.0 Å². The minimum atomic E-state index is -5.08. The van der Waals surface area contributed by atoms with Crippen molar-refractivity contribution in [3.8, 4) is 5.69 Å². The van der Waals surface area contributed by atoms with E-state index in [1.54, 1.807) is 6.20 Å². The van der Waals surface area contributed by atoms with Crippen LogP contribution in [0.1, 0.15) is 38.5 Å². The van der Waals surface area contributed by atoms with E-state index in [4.69, 9.17) is 15.0 Å². The van der Waals surface area contributed by atoms with E-state index < -0.39 is 18.2 Å². The number of carboxylic acids is 1. The molecule has 9 nitrogen and oxygen atoms in total. The lowest BCUT2D eigenvalue weighted by Gasteiger charge is -2.40. The molecule has 4 rings (SSSR count). The molecular formula is C23H30F3N5O4. The van der Waals surface area contributed by atoms with E-state index >= 15 is 0 Å². The van der Waals surface area contributed by atoms with E-state index in [1.807, 2.05) is 16.9 Å². The summed E-state index contributed by atoms with van der Waals surface area (Å²) in [7, 11) is 0. The fourth-order valence-corrected chi connectivity index (χ4v) is 4.55. The molecule has 1 aliphatic carbocycles. The zero-order valence-electron chi connectivity index (χ0n) is 19.1. The zero-order valence-corrected chi connectivity index (χ0v) is 19.1. The van der Waals surface area contributed by atoms with Crippen LogP contribution in [0.5, 0.6) is 0 Å². The molecule has 35 heavy (non-hydrogen) atoms. The van der Waals surface area contributed by atoms with Gasteiger partial charge in [-0.15, -0.1) is 0 Å². The lowest BCUT2D eigenvalue weighted by atomic mass is 9.89. The second-order valence-corrected chi connectivity index (χ2v) is 8.67. The molecule has 192 valence electrons. The largest absolute Gasteiger partial charge is 0.490 e. The Balaban J connectivity index is 0.000000429. The van der Waals surface area contributed by atoms with Gasteiger partial charge in [-0.25, -0.2) is 14.3 Å². The molecule has 1 aromatic heterocycles. The molecular weight excluding hydrogens is 467 g/mol. The van der Waals surface area contributed by atoms with Crippen molar-refractivity contribution in [2.24, 2.45) is 0 Å². The maximum absolute atomic E-state index is 11.1. The summed E-state index contributed by atoms with van der Waals surface area (Å²) in [5.41, 5.74) is 2.29. The van der Waals surface area contributed by atoms with Gasteiger partial charge in [0.15, 0.2) is 0 Å². The Morgan fingerprint density at radius 2 is 1.60 bits per heavy atom. The monoisotopic (exact) mass is 497 g/mol. The van der Waals surface area contributed by atoms with Gasteiger partial charge in [-0.1, -0.05) is 12.8 Å². The number of anilines is 1.